The van der Waals surface area contributed by atoms with E-state index in [1.54, 1.807) is 29.3 Å². The van der Waals surface area contributed by atoms with Crippen molar-refractivity contribution in [1.82, 2.24) is 20.1 Å². The molecule has 152 valence electrons. The highest BCUT2D eigenvalue weighted by Gasteiger charge is 2.12. The van der Waals surface area contributed by atoms with Crippen molar-refractivity contribution in [3.05, 3.63) is 99.8 Å². The molecule has 0 aliphatic carbocycles. The number of hydrogen-bond acceptors (Lipinski definition) is 5. The number of nitrogens with zero attached hydrogens (tertiary/aromatic N) is 3. The number of carbonyl (C=O) groups excluding carboxylic acids is 1. The molecule has 0 spiro atoms. The van der Waals surface area contributed by atoms with Gasteiger partial charge >= 0.3 is 0 Å². The maximum atomic E-state index is 12.8. The van der Waals surface area contributed by atoms with Gasteiger partial charge in [0.05, 0.1) is 22.8 Å². The van der Waals surface area contributed by atoms with Gasteiger partial charge in [0.2, 0.25) is 0 Å². The summed E-state index contributed by atoms with van der Waals surface area (Å²) in [5, 5.41) is 10.4. The Kier molecular flexibility index (Phi) is 6.61. The second-order valence-electron chi connectivity index (χ2n) is 6.85. The van der Waals surface area contributed by atoms with Crippen LogP contribution in [0.1, 0.15) is 32.2 Å². The Morgan fingerprint density at radius 3 is 2.63 bits per heavy atom. The third-order valence-electron chi connectivity index (χ3n) is 4.55. The maximum Gasteiger partial charge on any atom is 0.252 e. The van der Waals surface area contributed by atoms with Crippen LogP contribution in [0.2, 0.25) is 0 Å². The molecule has 4 rings (SSSR count). The molecule has 2 aromatic carbocycles. The van der Waals surface area contributed by atoms with Crippen molar-refractivity contribution in [2.75, 3.05) is 0 Å². The number of carbonyl (C=O) groups is 1. The van der Waals surface area contributed by atoms with E-state index in [-0.39, 0.29) is 5.91 Å². The van der Waals surface area contributed by atoms with E-state index in [9.17, 15) is 4.79 Å². The average Bonchev–Trinajstić information content (AvgIpc) is 3.43. The van der Waals surface area contributed by atoms with Crippen molar-refractivity contribution < 1.29 is 4.79 Å². The van der Waals surface area contributed by atoms with Crippen molar-refractivity contribution in [3.63, 3.8) is 0 Å². The SMILES string of the molecule is Cc1nc(CSc2ccccc2C(=O)NCc2ccc(Cn3cccn3)cc2)cs1. The smallest absolute Gasteiger partial charge is 0.252 e. The molecule has 0 radical (unpaired) electrons. The number of aromatic nitrogens is 3. The van der Waals surface area contributed by atoms with Gasteiger partial charge in [0.15, 0.2) is 0 Å². The van der Waals surface area contributed by atoms with Crippen LogP contribution in [0.3, 0.4) is 0 Å². The summed E-state index contributed by atoms with van der Waals surface area (Å²) in [4.78, 5) is 18.2. The molecule has 0 fully saturated rings. The molecule has 7 heteroatoms. The lowest BCUT2D eigenvalue weighted by Gasteiger charge is -2.10. The fraction of sp³-hybridized carbons (Fsp3) is 0.174. The summed E-state index contributed by atoms with van der Waals surface area (Å²) in [6.07, 6.45) is 3.72. The Labute approximate surface area is 184 Å². The molecule has 4 aromatic rings. The lowest BCUT2D eigenvalue weighted by Crippen LogP contribution is -2.23. The number of nitrogens with one attached hydrogen (secondary N) is 1. The number of rotatable bonds is 8. The largest absolute Gasteiger partial charge is 0.348 e. The fourth-order valence-corrected chi connectivity index (χ4v) is 4.69. The highest BCUT2D eigenvalue weighted by molar-refractivity contribution is 7.98. The summed E-state index contributed by atoms with van der Waals surface area (Å²) in [7, 11) is 0. The van der Waals surface area contributed by atoms with Gasteiger partial charge in [0, 0.05) is 35.0 Å². The van der Waals surface area contributed by atoms with Crippen molar-refractivity contribution in [3.8, 4) is 0 Å². The molecule has 1 amide bonds. The van der Waals surface area contributed by atoms with Gasteiger partial charge in [-0.15, -0.1) is 23.1 Å². The predicted molar refractivity (Wildman–Crippen MR) is 122 cm³/mol. The first-order valence-electron chi connectivity index (χ1n) is 9.63. The Balaban J connectivity index is 1.34. The van der Waals surface area contributed by atoms with E-state index in [4.69, 9.17) is 0 Å². The minimum Gasteiger partial charge on any atom is -0.348 e. The molecular formula is C23H22N4OS2. The van der Waals surface area contributed by atoms with E-state index in [0.29, 0.717) is 12.1 Å². The Morgan fingerprint density at radius 1 is 1.10 bits per heavy atom. The summed E-state index contributed by atoms with van der Waals surface area (Å²) in [6, 6.07) is 17.9. The molecule has 0 saturated carbocycles. The normalized spacial score (nSPS) is 10.8. The molecule has 2 aromatic heterocycles. The van der Waals surface area contributed by atoms with Crippen molar-refractivity contribution in [2.45, 2.75) is 30.7 Å². The number of benzene rings is 2. The first-order valence-corrected chi connectivity index (χ1v) is 11.5. The Hall–Kier alpha value is -2.90. The van der Waals surface area contributed by atoms with Gasteiger partial charge in [-0.25, -0.2) is 4.98 Å². The monoisotopic (exact) mass is 434 g/mol. The van der Waals surface area contributed by atoms with Gasteiger partial charge in [0.1, 0.15) is 0 Å². The van der Waals surface area contributed by atoms with Crippen LogP contribution in [0.5, 0.6) is 0 Å². The van der Waals surface area contributed by atoms with Crippen LogP contribution < -0.4 is 5.32 Å². The summed E-state index contributed by atoms with van der Waals surface area (Å²) in [5.41, 5.74) is 3.99. The van der Waals surface area contributed by atoms with E-state index in [2.05, 4.69) is 32.9 Å². The van der Waals surface area contributed by atoms with E-state index in [1.807, 2.05) is 60.3 Å². The van der Waals surface area contributed by atoms with Crippen LogP contribution in [0, 0.1) is 6.92 Å². The van der Waals surface area contributed by atoms with Crippen LogP contribution in [-0.2, 0) is 18.8 Å². The first kappa shape index (κ1) is 20.4. The molecule has 0 saturated heterocycles. The van der Waals surface area contributed by atoms with Crippen molar-refractivity contribution in [1.29, 1.82) is 0 Å². The number of thiazole rings is 1. The lowest BCUT2D eigenvalue weighted by molar-refractivity contribution is 0.0948. The highest BCUT2D eigenvalue weighted by Crippen LogP contribution is 2.27. The zero-order valence-corrected chi connectivity index (χ0v) is 18.2. The van der Waals surface area contributed by atoms with Crippen LogP contribution in [0.25, 0.3) is 0 Å². The standard InChI is InChI=1S/C23H22N4OS2/c1-17-26-20(15-29-17)16-30-22-6-3-2-5-21(22)23(28)24-13-18-7-9-19(10-8-18)14-27-12-4-11-25-27/h2-12,15H,13-14,16H2,1H3,(H,24,28). The first-order chi connectivity index (χ1) is 14.7. The summed E-state index contributed by atoms with van der Waals surface area (Å²) in [6.45, 7) is 3.23. The van der Waals surface area contributed by atoms with Crippen molar-refractivity contribution >= 4 is 29.0 Å². The summed E-state index contributed by atoms with van der Waals surface area (Å²) < 4.78 is 1.89. The second kappa shape index (κ2) is 9.73. The third kappa shape index (κ3) is 5.37. The van der Waals surface area contributed by atoms with E-state index in [1.165, 1.54) is 5.56 Å². The predicted octanol–water partition coefficient (Wildman–Crippen LogP) is 4.92. The van der Waals surface area contributed by atoms with Crippen LogP contribution in [0.4, 0.5) is 0 Å². The fourth-order valence-electron chi connectivity index (χ4n) is 3.03. The van der Waals surface area contributed by atoms with Crippen LogP contribution in [-0.4, -0.2) is 20.7 Å². The zero-order valence-electron chi connectivity index (χ0n) is 16.6. The van der Waals surface area contributed by atoms with Gasteiger partial charge in [-0.2, -0.15) is 5.10 Å². The van der Waals surface area contributed by atoms with E-state index < -0.39 is 0 Å². The maximum absolute atomic E-state index is 12.8. The highest BCUT2D eigenvalue weighted by atomic mass is 32.2. The van der Waals surface area contributed by atoms with E-state index in [0.717, 1.165) is 33.5 Å². The molecule has 2 heterocycles. The number of amides is 1. The number of aryl methyl sites for hydroxylation is 1. The van der Waals surface area contributed by atoms with Crippen LogP contribution in [0.15, 0.2) is 77.3 Å². The average molecular weight is 435 g/mol. The molecule has 5 nitrogen and oxygen atoms in total. The molecule has 0 unspecified atom stereocenters. The van der Waals surface area contributed by atoms with Gasteiger partial charge in [-0.3, -0.25) is 9.48 Å². The topological polar surface area (TPSA) is 59.8 Å². The molecule has 0 atom stereocenters. The minimum atomic E-state index is -0.0619. The Bertz CT molecular complexity index is 1100. The number of thioether (sulfide) groups is 1. The third-order valence-corrected chi connectivity index (χ3v) is 6.48. The lowest BCUT2D eigenvalue weighted by atomic mass is 10.1. The van der Waals surface area contributed by atoms with Gasteiger partial charge < -0.3 is 5.32 Å². The summed E-state index contributed by atoms with van der Waals surface area (Å²) in [5.74, 6) is 0.694. The minimum absolute atomic E-state index is 0.0619. The molecule has 30 heavy (non-hydrogen) atoms. The number of hydrogen-bond donors (Lipinski definition) is 1. The van der Waals surface area contributed by atoms with Gasteiger partial charge in [0.25, 0.3) is 5.91 Å². The molecular weight excluding hydrogens is 412 g/mol. The zero-order chi connectivity index (χ0) is 20.8. The van der Waals surface area contributed by atoms with E-state index >= 15 is 0 Å². The van der Waals surface area contributed by atoms with Gasteiger partial charge in [-0.1, -0.05) is 36.4 Å². The molecule has 0 aliphatic rings. The quantitative estimate of drug-likeness (QED) is 0.400. The molecule has 1 N–H and O–H groups in total. The Morgan fingerprint density at radius 2 is 1.90 bits per heavy atom. The van der Waals surface area contributed by atoms with Crippen molar-refractivity contribution in [2.24, 2.45) is 0 Å². The molecule has 0 bridgehead atoms. The van der Waals surface area contributed by atoms with Crippen LogP contribution >= 0.6 is 23.1 Å². The van der Waals surface area contributed by atoms with Gasteiger partial charge in [-0.05, 0) is 36.2 Å². The molecule has 0 aliphatic heterocycles. The second-order valence-corrected chi connectivity index (χ2v) is 8.92. The summed E-state index contributed by atoms with van der Waals surface area (Å²) >= 11 is 3.29.